The fourth-order valence-corrected chi connectivity index (χ4v) is 3.43. The summed E-state index contributed by atoms with van der Waals surface area (Å²) < 4.78 is 0. The number of nitro groups is 1. The first kappa shape index (κ1) is 22.1. The largest absolute Gasteiger partial charge is 0.347 e. The molecule has 0 saturated heterocycles. The van der Waals surface area contributed by atoms with Gasteiger partial charge in [-0.15, -0.1) is 0 Å². The lowest BCUT2D eigenvalue weighted by Gasteiger charge is -2.06. The van der Waals surface area contributed by atoms with Crippen molar-refractivity contribution in [1.82, 2.24) is 10.6 Å². The summed E-state index contributed by atoms with van der Waals surface area (Å²) in [5, 5.41) is 26.1. The van der Waals surface area contributed by atoms with Gasteiger partial charge in [0.05, 0.1) is 10.6 Å². The average molecular weight is 451 g/mol. The molecular weight excluding hydrogens is 434 g/mol. The quantitative estimate of drug-likeness (QED) is 0.265. The normalized spacial score (nSPS) is 13.2. The van der Waals surface area contributed by atoms with E-state index in [0.717, 1.165) is 11.6 Å². The summed E-state index contributed by atoms with van der Waals surface area (Å²) in [6.07, 6.45) is 0. The summed E-state index contributed by atoms with van der Waals surface area (Å²) in [4.78, 5) is 40.3. The molecule has 0 spiro atoms. The van der Waals surface area contributed by atoms with Crippen molar-refractivity contribution in [3.63, 3.8) is 0 Å². The van der Waals surface area contributed by atoms with E-state index in [9.17, 15) is 25.0 Å². The number of hydrogen-bond donors (Lipinski definition) is 2. The van der Waals surface area contributed by atoms with Gasteiger partial charge in [0.25, 0.3) is 17.5 Å². The lowest BCUT2D eigenvalue weighted by molar-refractivity contribution is -0.384. The molecule has 2 amide bonds. The molecule has 0 atom stereocenters. The van der Waals surface area contributed by atoms with Gasteiger partial charge in [-0.3, -0.25) is 19.7 Å². The van der Waals surface area contributed by atoms with E-state index in [2.05, 4.69) is 15.6 Å². The van der Waals surface area contributed by atoms with Gasteiger partial charge in [0, 0.05) is 35.4 Å². The van der Waals surface area contributed by atoms with Crippen LogP contribution in [-0.2, 0) is 11.3 Å². The molecule has 1 aliphatic rings. The molecule has 0 fully saturated rings. The smallest absolute Gasteiger partial charge is 0.270 e. The van der Waals surface area contributed by atoms with Crippen LogP contribution in [0.15, 0.2) is 89.4 Å². The number of hydrogen-bond acceptors (Lipinski definition) is 6. The first-order chi connectivity index (χ1) is 16.5. The van der Waals surface area contributed by atoms with Crippen molar-refractivity contribution in [2.75, 3.05) is 0 Å². The lowest BCUT2D eigenvalue weighted by atomic mass is 10.0. The molecule has 34 heavy (non-hydrogen) atoms. The molecular formula is C25H17N5O4. The van der Waals surface area contributed by atoms with Gasteiger partial charge >= 0.3 is 0 Å². The monoisotopic (exact) mass is 451 g/mol. The van der Waals surface area contributed by atoms with E-state index < -0.39 is 16.7 Å². The third-order valence-corrected chi connectivity index (χ3v) is 5.08. The van der Waals surface area contributed by atoms with Crippen LogP contribution in [0.2, 0.25) is 0 Å². The Morgan fingerprint density at radius 1 is 0.971 bits per heavy atom. The summed E-state index contributed by atoms with van der Waals surface area (Å²) in [5.41, 5.74) is 1.72. The Bertz CT molecular complexity index is 1400. The summed E-state index contributed by atoms with van der Waals surface area (Å²) in [6, 6.07) is 23.3. The Morgan fingerprint density at radius 2 is 1.68 bits per heavy atom. The van der Waals surface area contributed by atoms with E-state index in [-0.39, 0.29) is 34.9 Å². The van der Waals surface area contributed by atoms with Crippen molar-refractivity contribution in [1.29, 1.82) is 5.26 Å². The van der Waals surface area contributed by atoms with Gasteiger partial charge in [0.1, 0.15) is 17.5 Å². The number of amidine groups is 1. The van der Waals surface area contributed by atoms with Gasteiger partial charge in [0.2, 0.25) is 0 Å². The topological polar surface area (TPSA) is 137 Å². The number of rotatable bonds is 5. The molecule has 0 bridgehead atoms. The van der Waals surface area contributed by atoms with E-state index in [4.69, 9.17) is 0 Å². The maximum Gasteiger partial charge on any atom is 0.270 e. The van der Waals surface area contributed by atoms with Crippen LogP contribution in [0.5, 0.6) is 0 Å². The van der Waals surface area contributed by atoms with Crippen molar-refractivity contribution in [3.05, 3.63) is 117 Å². The fraction of sp³-hybridized carbons (Fsp3) is 0.0400. The van der Waals surface area contributed by atoms with Gasteiger partial charge in [0.15, 0.2) is 0 Å². The molecule has 9 heteroatoms. The van der Waals surface area contributed by atoms with Crippen LogP contribution in [0.1, 0.15) is 27.0 Å². The van der Waals surface area contributed by atoms with Crippen LogP contribution < -0.4 is 10.6 Å². The molecule has 0 aliphatic carbocycles. The average Bonchev–Trinajstić information content (AvgIpc) is 3.22. The van der Waals surface area contributed by atoms with Crippen molar-refractivity contribution in [3.8, 4) is 6.07 Å². The Labute approximate surface area is 194 Å². The molecule has 3 aromatic carbocycles. The number of nitrogens with one attached hydrogen (secondary N) is 2. The number of aliphatic imine (C=N–C) groups is 1. The minimum absolute atomic E-state index is 0.0768. The number of non-ortho nitro benzene ring substituents is 1. The third kappa shape index (κ3) is 4.56. The van der Waals surface area contributed by atoms with Gasteiger partial charge < -0.3 is 10.6 Å². The van der Waals surface area contributed by atoms with Crippen molar-refractivity contribution in [2.45, 2.75) is 6.54 Å². The molecule has 1 heterocycles. The predicted molar refractivity (Wildman–Crippen MR) is 124 cm³/mol. The number of fused-ring (bicyclic) bond motifs is 1. The lowest BCUT2D eigenvalue weighted by Crippen LogP contribution is -2.30. The van der Waals surface area contributed by atoms with Crippen LogP contribution in [0.4, 0.5) is 5.69 Å². The number of carbonyl (C=O) groups is 2. The Balaban J connectivity index is 1.63. The fourth-order valence-electron chi connectivity index (χ4n) is 3.43. The molecule has 9 nitrogen and oxygen atoms in total. The minimum Gasteiger partial charge on any atom is -0.347 e. The maximum atomic E-state index is 12.8. The highest BCUT2D eigenvalue weighted by atomic mass is 16.6. The molecule has 4 rings (SSSR count). The Hall–Kier alpha value is -5.10. The van der Waals surface area contributed by atoms with Gasteiger partial charge in [-0.2, -0.15) is 5.26 Å². The minimum atomic E-state index is -0.606. The third-order valence-electron chi connectivity index (χ3n) is 5.08. The van der Waals surface area contributed by atoms with E-state index in [1.54, 1.807) is 24.3 Å². The van der Waals surface area contributed by atoms with Crippen LogP contribution in [0.3, 0.4) is 0 Å². The predicted octanol–water partition coefficient (Wildman–Crippen LogP) is 3.34. The number of amides is 2. The van der Waals surface area contributed by atoms with E-state index in [0.29, 0.717) is 11.1 Å². The van der Waals surface area contributed by atoms with Crippen LogP contribution >= 0.6 is 0 Å². The van der Waals surface area contributed by atoms with Crippen LogP contribution in [-0.4, -0.2) is 22.6 Å². The van der Waals surface area contributed by atoms with E-state index in [1.807, 2.05) is 36.4 Å². The van der Waals surface area contributed by atoms with E-state index in [1.165, 1.54) is 18.2 Å². The highest BCUT2D eigenvalue weighted by molar-refractivity contribution is 6.20. The maximum absolute atomic E-state index is 12.8. The Kier molecular flexibility index (Phi) is 6.23. The molecule has 0 radical (unpaired) electrons. The zero-order valence-electron chi connectivity index (χ0n) is 17.7. The highest BCUT2D eigenvalue weighted by Crippen LogP contribution is 2.30. The first-order valence-corrected chi connectivity index (χ1v) is 10.2. The Morgan fingerprint density at radius 3 is 2.38 bits per heavy atom. The molecule has 3 aromatic rings. The van der Waals surface area contributed by atoms with Gasteiger partial charge in [-0.1, -0.05) is 60.7 Å². The zero-order chi connectivity index (χ0) is 24.1. The molecule has 0 unspecified atom stereocenters. The SMILES string of the molecule is N#C/C(C(=O)NCc1ccccc1)=C1\N=C(NC(=O)c2cccc([N+](=O)[O-])c2)c2ccccc21. The second kappa shape index (κ2) is 9.58. The number of benzene rings is 3. The summed E-state index contributed by atoms with van der Waals surface area (Å²) in [7, 11) is 0. The van der Waals surface area contributed by atoms with E-state index >= 15 is 0 Å². The van der Waals surface area contributed by atoms with Crippen molar-refractivity contribution < 1.29 is 14.5 Å². The first-order valence-electron chi connectivity index (χ1n) is 10.2. The molecule has 2 N–H and O–H groups in total. The van der Waals surface area contributed by atoms with Crippen molar-refractivity contribution in [2.24, 2.45) is 4.99 Å². The molecule has 1 aliphatic heterocycles. The van der Waals surface area contributed by atoms with Gasteiger partial charge in [-0.25, -0.2) is 4.99 Å². The zero-order valence-corrected chi connectivity index (χ0v) is 17.7. The number of nitrogens with zero attached hydrogens (tertiary/aromatic N) is 3. The summed E-state index contributed by atoms with van der Waals surface area (Å²) in [5.74, 6) is -1.05. The summed E-state index contributed by atoms with van der Waals surface area (Å²) in [6.45, 7) is 0.236. The number of nitro benzene ring substituents is 1. The standard InChI is InChI=1S/C25H17N5O4/c26-14-21(25(32)27-15-16-7-2-1-3-8-16)22-19-11-4-5-12-20(19)23(28-22)29-24(31)17-9-6-10-18(13-17)30(33)34/h1-13H,15H2,(H,27,32)(H,28,29,31)/b22-21+. The summed E-state index contributed by atoms with van der Waals surface area (Å²) >= 11 is 0. The number of nitriles is 1. The van der Waals surface area contributed by atoms with Crippen LogP contribution in [0.25, 0.3) is 5.70 Å². The van der Waals surface area contributed by atoms with Gasteiger partial charge in [-0.05, 0) is 11.6 Å². The number of carbonyl (C=O) groups excluding carboxylic acids is 2. The molecule has 166 valence electrons. The molecule has 0 saturated carbocycles. The van der Waals surface area contributed by atoms with Crippen LogP contribution in [0, 0.1) is 21.4 Å². The molecule has 0 aromatic heterocycles. The second-order valence-corrected chi connectivity index (χ2v) is 7.27. The van der Waals surface area contributed by atoms with Crippen molar-refractivity contribution >= 4 is 29.0 Å². The second-order valence-electron chi connectivity index (χ2n) is 7.27. The highest BCUT2D eigenvalue weighted by Gasteiger charge is 2.27.